The van der Waals surface area contributed by atoms with Crippen LogP contribution in [-0.2, 0) is 13.1 Å². The third-order valence-corrected chi connectivity index (χ3v) is 4.60. The van der Waals surface area contributed by atoms with Gasteiger partial charge in [0.25, 0.3) is 5.91 Å². The van der Waals surface area contributed by atoms with Crippen LogP contribution in [0.5, 0.6) is 11.5 Å². The maximum absolute atomic E-state index is 12.1. The topological polar surface area (TPSA) is 139 Å². The highest BCUT2D eigenvalue weighted by Crippen LogP contribution is 2.37. The number of nitrogens with one attached hydrogen (secondary N) is 1. The number of hydrogen-bond donors (Lipinski definition) is 4. The summed E-state index contributed by atoms with van der Waals surface area (Å²) in [6.45, 7) is 0.647. The Kier molecular flexibility index (Phi) is 5.62. The molecule has 3 aromatic rings. The number of methoxy groups -OCH3 is 2. The van der Waals surface area contributed by atoms with Crippen LogP contribution in [0.2, 0.25) is 0 Å². The molecule has 0 aliphatic carbocycles. The van der Waals surface area contributed by atoms with E-state index in [0.29, 0.717) is 41.2 Å². The first-order valence-electron chi connectivity index (χ1n) is 8.66. The number of amides is 1. The van der Waals surface area contributed by atoms with E-state index in [1.807, 2.05) is 18.2 Å². The zero-order valence-electron chi connectivity index (χ0n) is 15.8. The Morgan fingerprint density at radius 1 is 1.11 bits per heavy atom. The Bertz CT molecular complexity index is 1040. The maximum atomic E-state index is 12.1. The van der Waals surface area contributed by atoms with Crippen molar-refractivity contribution in [1.29, 1.82) is 0 Å². The molecule has 0 saturated carbocycles. The van der Waals surface area contributed by atoms with Crippen LogP contribution in [0.25, 0.3) is 10.9 Å². The number of nitrogens with zero attached hydrogens (tertiary/aromatic N) is 1. The van der Waals surface area contributed by atoms with Crippen LogP contribution in [0.3, 0.4) is 0 Å². The van der Waals surface area contributed by atoms with Gasteiger partial charge in [0.05, 0.1) is 31.0 Å². The number of nitrogens with two attached hydrogens (primary N) is 3. The summed E-state index contributed by atoms with van der Waals surface area (Å²) in [5.74, 6) is 0.445. The van der Waals surface area contributed by atoms with Gasteiger partial charge in [-0.1, -0.05) is 12.1 Å². The van der Waals surface area contributed by atoms with Crippen LogP contribution in [-0.4, -0.2) is 25.1 Å². The summed E-state index contributed by atoms with van der Waals surface area (Å²) in [4.78, 5) is 16.4. The monoisotopic (exact) mass is 381 g/mol. The second-order valence-electron chi connectivity index (χ2n) is 6.11. The van der Waals surface area contributed by atoms with Crippen molar-refractivity contribution in [1.82, 2.24) is 4.98 Å². The van der Waals surface area contributed by atoms with Crippen LogP contribution < -0.4 is 32.0 Å². The molecule has 28 heavy (non-hydrogen) atoms. The lowest BCUT2D eigenvalue weighted by atomic mass is 10.0. The number of rotatable bonds is 7. The molecule has 8 nitrogen and oxygen atoms in total. The van der Waals surface area contributed by atoms with Crippen LogP contribution in [0, 0.1) is 0 Å². The van der Waals surface area contributed by atoms with Crippen molar-refractivity contribution in [2.24, 2.45) is 17.2 Å². The number of benzene rings is 2. The molecular formula is C20H23N5O3. The second-order valence-corrected chi connectivity index (χ2v) is 6.11. The molecule has 0 atom stereocenters. The Morgan fingerprint density at radius 2 is 1.82 bits per heavy atom. The third-order valence-electron chi connectivity index (χ3n) is 4.60. The predicted octanol–water partition coefficient (Wildman–Crippen LogP) is 2.01. The number of fused-ring (bicyclic) bond motifs is 1. The van der Waals surface area contributed by atoms with E-state index in [0.717, 1.165) is 16.8 Å². The number of hydrogen-bond acceptors (Lipinski definition) is 7. The van der Waals surface area contributed by atoms with Crippen LogP contribution in [0.15, 0.2) is 36.5 Å². The molecule has 8 heteroatoms. The van der Waals surface area contributed by atoms with Gasteiger partial charge in [-0.15, -0.1) is 0 Å². The van der Waals surface area contributed by atoms with Crippen LogP contribution >= 0.6 is 0 Å². The van der Waals surface area contributed by atoms with Crippen molar-refractivity contribution in [3.05, 3.63) is 53.2 Å². The molecule has 0 aliphatic heterocycles. The van der Waals surface area contributed by atoms with Crippen molar-refractivity contribution >= 4 is 28.2 Å². The van der Waals surface area contributed by atoms with Crippen molar-refractivity contribution in [2.75, 3.05) is 19.5 Å². The molecule has 1 aromatic heterocycles. The molecule has 0 fully saturated rings. The van der Waals surface area contributed by atoms with Gasteiger partial charge < -0.3 is 32.0 Å². The van der Waals surface area contributed by atoms with Gasteiger partial charge in [-0.3, -0.25) is 9.78 Å². The molecule has 0 bridgehead atoms. The summed E-state index contributed by atoms with van der Waals surface area (Å²) in [5.41, 5.74) is 21.3. The number of carbonyl (C=O) groups is 1. The fourth-order valence-corrected chi connectivity index (χ4v) is 3.16. The van der Waals surface area contributed by atoms with E-state index in [1.54, 1.807) is 26.4 Å². The van der Waals surface area contributed by atoms with Gasteiger partial charge in [0.1, 0.15) is 0 Å². The minimum atomic E-state index is -0.601. The lowest BCUT2D eigenvalue weighted by Crippen LogP contribution is -2.15. The van der Waals surface area contributed by atoms with Crippen LogP contribution in [0.1, 0.15) is 21.5 Å². The average molecular weight is 381 g/mol. The molecule has 0 saturated heterocycles. The summed E-state index contributed by atoms with van der Waals surface area (Å²) in [5, 5.41) is 3.97. The standard InChI is InChI=1S/C20H23N5O3/c1-27-17-6-12-16(7-18(17)28-2)24-10-14(20(23)26)19(12)25-15-5-3-4-11(8-21)13(15)9-22/h3-7,10H,8-9,21-22H2,1-2H3,(H2,23,26)(H,24,25). The third kappa shape index (κ3) is 3.42. The molecule has 2 aromatic carbocycles. The molecule has 0 radical (unpaired) electrons. The smallest absolute Gasteiger partial charge is 0.252 e. The minimum Gasteiger partial charge on any atom is -0.493 e. The number of primary amides is 1. The van der Waals surface area contributed by atoms with E-state index in [2.05, 4.69) is 10.3 Å². The van der Waals surface area contributed by atoms with E-state index in [-0.39, 0.29) is 5.56 Å². The molecule has 3 rings (SSSR count). The molecular weight excluding hydrogens is 358 g/mol. The lowest BCUT2D eigenvalue weighted by Gasteiger charge is -2.18. The van der Waals surface area contributed by atoms with E-state index in [4.69, 9.17) is 26.7 Å². The molecule has 1 heterocycles. The van der Waals surface area contributed by atoms with Crippen LogP contribution in [0.4, 0.5) is 11.4 Å². The van der Waals surface area contributed by atoms with E-state index < -0.39 is 5.91 Å². The quantitative estimate of drug-likeness (QED) is 0.491. The Balaban J connectivity index is 2.26. The van der Waals surface area contributed by atoms with Crippen molar-refractivity contribution < 1.29 is 14.3 Å². The highest BCUT2D eigenvalue weighted by atomic mass is 16.5. The van der Waals surface area contributed by atoms with E-state index in [1.165, 1.54) is 6.20 Å². The molecule has 146 valence electrons. The molecule has 0 spiro atoms. The fraction of sp³-hybridized carbons (Fsp3) is 0.200. The first-order valence-corrected chi connectivity index (χ1v) is 8.66. The zero-order valence-corrected chi connectivity index (χ0v) is 15.8. The van der Waals surface area contributed by atoms with Gasteiger partial charge >= 0.3 is 0 Å². The summed E-state index contributed by atoms with van der Waals surface area (Å²) in [7, 11) is 3.09. The van der Waals surface area contributed by atoms with Gasteiger partial charge in [-0.25, -0.2) is 0 Å². The number of anilines is 2. The molecule has 0 aliphatic rings. The number of ether oxygens (including phenoxy) is 2. The highest BCUT2D eigenvalue weighted by Gasteiger charge is 2.18. The summed E-state index contributed by atoms with van der Waals surface area (Å²) in [6, 6.07) is 9.16. The molecule has 1 amide bonds. The van der Waals surface area contributed by atoms with E-state index >= 15 is 0 Å². The van der Waals surface area contributed by atoms with Gasteiger partial charge in [-0.2, -0.15) is 0 Å². The first-order chi connectivity index (χ1) is 13.5. The highest BCUT2D eigenvalue weighted by molar-refractivity contribution is 6.08. The lowest BCUT2D eigenvalue weighted by molar-refractivity contribution is 0.100. The Morgan fingerprint density at radius 3 is 2.43 bits per heavy atom. The van der Waals surface area contributed by atoms with Crippen molar-refractivity contribution in [2.45, 2.75) is 13.1 Å². The number of pyridine rings is 1. The summed E-state index contributed by atoms with van der Waals surface area (Å²) >= 11 is 0. The Labute approximate surface area is 162 Å². The second kappa shape index (κ2) is 8.12. The van der Waals surface area contributed by atoms with Gasteiger partial charge in [0.2, 0.25) is 0 Å². The first kappa shape index (κ1) is 19.4. The minimum absolute atomic E-state index is 0.251. The predicted molar refractivity (Wildman–Crippen MR) is 109 cm³/mol. The normalized spacial score (nSPS) is 10.7. The van der Waals surface area contributed by atoms with E-state index in [9.17, 15) is 4.79 Å². The summed E-state index contributed by atoms with van der Waals surface area (Å²) < 4.78 is 10.7. The largest absolute Gasteiger partial charge is 0.493 e. The number of aromatic nitrogens is 1. The maximum Gasteiger partial charge on any atom is 0.252 e. The SMILES string of the molecule is COc1cc2ncc(C(N)=O)c(Nc3cccc(CN)c3CN)c2cc1OC. The molecule has 7 N–H and O–H groups in total. The Hall–Kier alpha value is -3.36. The number of carbonyl (C=O) groups excluding carboxylic acids is 1. The zero-order chi connectivity index (χ0) is 20.3. The fourth-order valence-electron chi connectivity index (χ4n) is 3.16. The summed E-state index contributed by atoms with van der Waals surface area (Å²) in [6.07, 6.45) is 1.44. The van der Waals surface area contributed by atoms with Crippen molar-refractivity contribution in [3.63, 3.8) is 0 Å². The van der Waals surface area contributed by atoms with Crippen molar-refractivity contribution in [3.8, 4) is 11.5 Å². The van der Waals surface area contributed by atoms with Gasteiger partial charge in [0, 0.05) is 36.4 Å². The van der Waals surface area contributed by atoms with Gasteiger partial charge in [-0.05, 0) is 23.3 Å². The molecule has 0 unspecified atom stereocenters. The average Bonchev–Trinajstić information content (AvgIpc) is 2.72. The van der Waals surface area contributed by atoms with Gasteiger partial charge in [0.15, 0.2) is 11.5 Å².